The van der Waals surface area contributed by atoms with Crippen molar-refractivity contribution in [2.75, 3.05) is 5.75 Å². The fraction of sp³-hybridized carbons (Fsp3) is 0.222. The van der Waals surface area contributed by atoms with Gasteiger partial charge in [-0.2, -0.15) is 0 Å². The summed E-state index contributed by atoms with van der Waals surface area (Å²) in [4.78, 5) is 10.5. The van der Waals surface area contributed by atoms with Gasteiger partial charge in [0.15, 0.2) is 0 Å². The number of halogens is 1. The van der Waals surface area contributed by atoms with Crippen LogP contribution in [-0.4, -0.2) is 21.0 Å². The first-order valence-corrected chi connectivity index (χ1v) is 5.29. The van der Waals surface area contributed by atoms with Crippen molar-refractivity contribution in [3.05, 3.63) is 29.6 Å². The Labute approximate surface area is 83.0 Å². The second-order valence-electron chi connectivity index (χ2n) is 2.58. The SMILES string of the molecule is CCS(=O)c1cc(C(=O)O)ccc1F. The van der Waals surface area contributed by atoms with Gasteiger partial charge in [-0.1, -0.05) is 6.92 Å². The van der Waals surface area contributed by atoms with E-state index in [1.54, 1.807) is 6.92 Å². The molecule has 5 heteroatoms. The molecule has 3 nitrogen and oxygen atoms in total. The number of carboxylic acids is 1. The van der Waals surface area contributed by atoms with Gasteiger partial charge in [0.25, 0.3) is 0 Å². The summed E-state index contributed by atoms with van der Waals surface area (Å²) < 4.78 is 24.4. The van der Waals surface area contributed by atoms with Crippen LogP contribution in [0.2, 0.25) is 0 Å². The fourth-order valence-electron chi connectivity index (χ4n) is 0.966. The molecule has 0 spiro atoms. The molecule has 0 fully saturated rings. The highest BCUT2D eigenvalue weighted by molar-refractivity contribution is 7.85. The summed E-state index contributed by atoms with van der Waals surface area (Å²) in [6.07, 6.45) is 0. The maximum atomic E-state index is 13.1. The molecule has 1 aromatic rings. The molecule has 0 aliphatic heterocycles. The molecule has 1 N–H and O–H groups in total. The molecule has 0 aliphatic rings. The molecule has 1 aromatic carbocycles. The molecule has 0 saturated carbocycles. The van der Waals surface area contributed by atoms with Gasteiger partial charge in [-0.25, -0.2) is 9.18 Å². The topological polar surface area (TPSA) is 54.4 Å². The van der Waals surface area contributed by atoms with Crippen LogP contribution in [0.15, 0.2) is 23.1 Å². The molecule has 0 aliphatic carbocycles. The predicted molar refractivity (Wildman–Crippen MR) is 50.3 cm³/mol. The second-order valence-corrected chi connectivity index (χ2v) is 4.29. The third-order valence-electron chi connectivity index (χ3n) is 1.69. The van der Waals surface area contributed by atoms with Crippen LogP contribution in [0.5, 0.6) is 0 Å². The number of benzene rings is 1. The minimum Gasteiger partial charge on any atom is -0.478 e. The van der Waals surface area contributed by atoms with E-state index < -0.39 is 22.6 Å². The number of carboxylic acid groups (broad SMARTS) is 1. The minimum atomic E-state index is -1.47. The summed E-state index contributed by atoms with van der Waals surface area (Å²) in [6, 6.07) is 3.28. The molecule has 0 radical (unpaired) electrons. The lowest BCUT2D eigenvalue weighted by Gasteiger charge is -2.02. The van der Waals surface area contributed by atoms with Crippen LogP contribution in [0, 0.1) is 5.82 Å². The summed E-state index contributed by atoms with van der Waals surface area (Å²) in [7, 11) is -1.47. The Hall–Kier alpha value is -1.23. The van der Waals surface area contributed by atoms with E-state index in [1.807, 2.05) is 0 Å². The Morgan fingerprint density at radius 3 is 2.71 bits per heavy atom. The summed E-state index contributed by atoms with van der Waals surface area (Å²) in [6.45, 7) is 1.64. The van der Waals surface area contributed by atoms with E-state index in [9.17, 15) is 13.4 Å². The van der Waals surface area contributed by atoms with Crippen LogP contribution in [0.4, 0.5) is 4.39 Å². The van der Waals surface area contributed by atoms with Crippen molar-refractivity contribution in [3.63, 3.8) is 0 Å². The molecule has 0 aromatic heterocycles. The summed E-state index contributed by atoms with van der Waals surface area (Å²) in [5.41, 5.74) is -0.0526. The van der Waals surface area contributed by atoms with Gasteiger partial charge < -0.3 is 5.11 Å². The molecule has 1 rings (SSSR count). The highest BCUT2D eigenvalue weighted by atomic mass is 32.2. The summed E-state index contributed by atoms with van der Waals surface area (Å²) >= 11 is 0. The average Bonchev–Trinajstić information content (AvgIpc) is 2.17. The maximum absolute atomic E-state index is 13.1. The first-order valence-electron chi connectivity index (χ1n) is 3.97. The predicted octanol–water partition coefficient (Wildman–Crippen LogP) is 1.65. The molecule has 76 valence electrons. The van der Waals surface area contributed by atoms with Crippen molar-refractivity contribution < 1.29 is 18.5 Å². The van der Waals surface area contributed by atoms with E-state index in [2.05, 4.69) is 0 Å². The zero-order valence-electron chi connectivity index (χ0n) is 7.49. The first kappa shape index (κ1) is 10.8. The zero-order chi connectivity index (χ0) is 10.7. The van der Waals surface area contributed by atoms with Gasteiger partial charge in [0, 0.05) is 5.75 Å². The van der Waals surface area contributed by atoms with Gasteiger partial charge in [0.1, 0.15) is 5.82 Å². The van der Waals surface area contributed by atoms with Gasteiger partial charge in [0.2, 0.25) is 0 Å². The smallest absolute Gasteiger partial charge is 0.335 e. The lowest BCUT2D eigenvalue weighted by Crippen LogP contribution is -2.02. The van der Waals surface area contributed by atoms with E-state index >= 15 is 0 Å². The van der Waals surface area contributed by atoms with E-state index in [4.69, 9.17) is 5.11 Å². The summed E-state index contributed by atoms with van der Waals surface area (Å²) in [5, 5.41) is 8.63. The number of hydrogen-bond acceptors (Lipinski definition) is 2. The van der Waals surface area contributed by atoms with Crippen LogP contribution in [0.25, 0.3) is 0 Å². The van der Waals surface area contributed by atoms with E-state index in [-0.39, 0.29) is 16.2 Å². The van der Waals surface area contributed by atoms with Crippen LogP contribution in [-0.2, 0) is 10.8 Å². The largest absolute Gasteiger partial charge is 0.478 e. The number of rotatable bonds is 3. The molecule has 0 amide bonds. The molecule has 14 heavy (non-hydrogen) atoms. The van der Waals surface area contributed by atoms with Gasteiger partial charge in [0.05, 0.1) is 21.3 Å². The Bertz CT molecular complexity index is 390. The Kier molecular flexibility index (Phi) is 3.35. The molecule has 1 unspecified atom stereocenters. The third-order valence-corrected chi connectivity index (χ3v) is 3.01. The van der Waals surface area contributed by atoms with E-state index in [0.29, 0.717) is 0 Å². The van der Waals surface area contributed by atoms with Gasteiger partial charge in [-0.15, -0.1) is 0 Å². The van der Waals surface area contributed by atoms with Crippen molar-refractivity contribution in [3.8, 4) is 0 Å². The van der Waals surface area contributed by atoms with Crippen molar-refractivity contribution in [2.24, 2.45) is 0 Å². The van der Waals surface area contributed by atoms with Crippen LogP contribution in [0.1, 0.15) is 17.3 Å². The minimum absolute atomic E-state index is 0.0487. The Balaban J connectivity index is 3.21. The molecule has 0 heterocycles. The normalized spacial score (nSPS) is 12.4. The molecular weight excluding hydrogens is 207 g/mol. The van der Waals surface area contributed by atoms with Gasteiger partial charge in [-0.05, 0) is 18.2 Å². The monoisotopic (exact) mass is 216 g/mol. The van der Waals surface area contributed by atoms with Crippen LogP contribution < -0.4 is 0 Å². The van der Waals surface area contributed by atoms with Crippen molar-refractivity contribution in [1.29, 1.82) is 0 Å². The molecule has 0 bridgehead atoms. The van der Waals surface area contributed by atoms with Crippen LogP contribution >= 0.6 is 0 Å². The number of hydrogen-bond donors (Lipinski definition) is 1. The quantitative estimate of drug-likeness (QED) is 0.835. The highest BCUT2D eigenvalue weighted by Gasteiger charge is 2.12. The average molecular weight is 216 g/mol. The Morgan fingerprint density at radius 1 is 1.57 bits per heavy atom. The molecular formula is C9H9FO3S. The fourth-order valence-corrected chi connectivity index (χ4v) is 1.82. The first-order chi connectivity index (χ1) is 6.56. The standard InChI is InChI=1S/C9H9FO3S/c1-2-14(13)8-5-6(9(11)12)3-4-7(8)10/h3-5H,2H2,1H3,(H,11,12). The van der Waals surface area contributed by atoms with E-state index in [0.717, 1.165) is 18.2 Å². The maximum Gasteiger partial charge on any atom is 0.335 e. The number of carbonyl (C=O) groups is 1. The van der Waals surface area contributed by atoms with Crippen molar-refractivity contribution in [1.82, 2.24) is 0 Å². The molecule has 1 atom stereocenters. The zero-order valence-corrected chi connectivity index (χ0v) is 8.31. The lowest BCUT2D eigenvalue weighted by molar-refractivity contribution is 0.0696. The highest BCUT2D eigenvalue weighted by Crippen LogP contribution is 2.14. The third kappa shape index (κ3) is 2.17. The van der Waals surface area contributed by atoms with Crippen LogP contribution in [0.3, 0.4) is 0 Å². The van der Waals surface area contributed by atoms with Crippen molar-refractivity contribution in [2.45, 2.75) is 11.8 Å². The lowest BCUT2D eigenvalue weighted by atomic mass is 10.2. The number of aromatic carboxylic acids is 1. The van der Waals surface area contributed by atoms with Crippen molar-refractivity contribution >= 4 is 16.8 Å². The van der Waals surface area contributed by atoms with E-state index in [1.165, 1.54) is 0 Å². The summed E-state index contributed by atoms with van der Waals surface area (Å²) in [5.74, 6) is -1.52. The van der Waals surface area contributed by atoms with Gasteiger partial charge in [-0.3, -0.25) is 4.21 Å². The Morgan fingerprint density at radius 2 is 2.21 bits per heavy atom. The van der Waals surface area contributed by atoms with Gasteiger partial charge >= 0.3 is 5.97 Å². The molecule has 0 saturated heterocycles. The second kappa shape index (κ2) is 4.32.